The molecule has 1 aromatic heterocycles. The molecule has 3 amide bonds. The van der Waals surface area contributed by atoms with E-state index in [2.05, 4.69) is 4.98 Å². The van der Waals surface area contributed by atoms with E-state index in [9.17, 15) is 14.4 Å². The van der Waals surface area contributed by atoms with Crippen LogP contribution in [-0.2, 0) is 14.2 Å². The second-order valence-corrected chi connectivity index (χ2v) is 10.4. The second kappa shape index (κ2) is 10.1. The van der Waals surface area contributed by atoms with Gasteiger partial charge in [-0.2, -0.15) is 0 Å². The molecule has 0 aliphatic carbocycles. The molecule has 0 bridgehead atoms. The normalized spacial score (nSPS) is 19.4. The third kappa shape index (κ3) is 6.87. The molecule has 0 radical (unpaired) electrons. The SMILES string of the molecule is CC(C)(C)OC(=O)N1CCN(c2ccc(N3CC(CN)OC3=O)cn2)CCN1C(=O)OC(C)(C)C. The molecule has 3 rings (SSSR count). The third-order valence-corrected chi connectivity index (χ3v) is 5.17. The van der Waals surface area contributed by atoms with E-state index in [0.29, 0.717) is 31.1 Å². The Morgan fingerprint density at radius 2 is 1.54 bits per heavy atom. The van der Waals surface area contributed by atoms with E-state index in [1.165, 1.54) is 14.9 Å². The lowest BCUT2D eigenvalue weighted by Crippen LogP contribution is -2.53. The average molecular weight is 493 g/mol. The molecule has 2 aliphatic heterocycles. The van der Waals surface area contributed by atoms with E-state index in [1.54, 1.807) is 59.9 Å². The van der Waals surface area contributed by atoms with E-state index < -0.39 is 29.5 Å². The van der Waals surface area contributed by atoms with Gasteiger partial charge in [0.1, 0.15) is 23.1 Å². The number of rotatable bonds is 3. The highest BCUT2D eigenvalue weighted by Crippen LogP contribution is 2.24. The molecule has 2 N–H and O–H groups in total. The van der Waals surface area contributed by atoms with Crippen molar-refractivity contribution in [2.24, 2.45) is 5.73 Å². The number of nitrogens with zero attached hydrogens (tertiary/aromatic N) is 5. The number of aromatic nitrogens is 1. The summed E-state index contributed by atoms with van der Waals surface area (Å²) in [5, 5.41) is 2.56. The van der Waals surface area contributed by atoms with Crippen molar-refractivity contribution < 1.29 is 28.6 Å². The molecule has 1 atom stereocenters. The van der Waals surface area contributed by atoms with E-state index >= 15 is 0 Å². The molecular weight excluding hydrogens is 456 g/mol. The van der Waals surface area contributed by atoms with Gasteiger partial charge < -0.3 is 24.8 Å². The number of pyridine rings is 1. The first-order chi connectivity index (χ1) is 16.3. The Morgan fingerprint density at radius 1 is 1.00 bits per heavy atom. The van der Waals surface area contributed by atoms with Gasteiger partial charge in [-0.15, -0.1) is 0 Å². The number of carbonyl (C=O) groups excluding carboxylic acids is 3. The van der Waals surface area contributed by atoms with Crippen molar-refractivity contribution in [2.45, 2.75) is 58.8 Å². The first-order valence-corrected chi connectivity index (χ1v) is 11.7. The van der Waals surface area contributed by atoms with Gasteiger partial charge in [-0.3, -0.25) is 4.90 Å². The minimum Gasteiger partial charge on any atom is -0.443 e. The summed E-state index contributed by atoms with van der Waals surface area (Å²) >= 11 is 0. The van der Waals surface area contributed by atoms with Crippen LogP contribution < -0.4 is 15.5 Å². The zero-order chi connectivity index (χ0) is 26.0. The van der Waals surface area contributed by atoms with Gasteiger partial charge in [-0.05, 0) is 53.7 Å². The maximum Gasteiger partial charge on any atom is 0.429 e. The van der Waals surface area contributed by atoms with E-state index in [0.717, 1.165) is 0 Å². The van der Waals surface area contributed by atoms with Crippen LogP contribution in [0.25, 0.3) is 0 Å². The number of hydrogen-bond acceptors (Lipinski definition) is 9. The van der Waals surface area contributed by atoms with Crippen LogP contribution in [0.15, 0.2) is 18.3 Å². The largest absolute Gasteiger partial charge is 0.443 e. The fourth-order valence-electron chi connectivity index (χ4n) is 3.60. The van der Waals surface area contributed by atoms with Gasteiger partial charge in [0.2, 0.25) is 0 Å². The molecule has 2 fully saturated rings. The van der Waals surface area contributed by atoms with Gasteiger partial charge in [0, 0.05) is 19.6 Å². The van der Waals surface area contributed by atoms with Gasteiger partial charge in [0.15, 0.2) is 0 Å². The van der Waals surface area contributed by atoms with Crippen LogP contribution in [0.4, 0.5) is 25.9 Å². The fraction of sp³-hybridized carbons (Fsp3) is 0.652. The number of hydrazine groups is 1. The summed E-state index contributed by atoms with van der Waals surface area (Å²) in [4.78, 5) is 45.9. The average Bonchev–Trinajstić information content (AvgIpc) is 2.98. The summed E-state index contributed by atoms with van der Waals surface area (Å²) < 4.78 is 16.3. The van der Waals surface area contributed by atoms with Crippen LogP contribution in [0, 0.1) is 0 Å². The van der Waals surface area contributed by atoms with Crippen molar-refractivity contribution in [1.82, 2.24) is 15.0 Å². The zero-order valence-electron chi connectivity index (χ0n) is 21.3. The van der Waals surface area contributed by atoms with Crippen molar-refractivity contribution in [3.8, 4) is 0 Å². The van der Waals surface area contributed by atoms with Crippen molar-refractivity contribution in [2.75, 3.05) is 49.1 Å². The Labute approximate surface area is 205 Å². The smallest absolute Gasteiger partial charge is 0.429 e. The minimum atomic E-state index is -0.723. The van der Waals surface area contributed by atoms with Gasteiger partial charge >= 0.3 is 18.3 Å². The Balaban J connectivity index is 1.76. The van der Waals surface area contributed by atoms with Crippen LogP contribution in [0.1, 0.15) is 41.5 Å². The highest BCUT2D eigenvalue weighted by Gasteiger charge is 2.36. The summed E-state index contributed by atoms with van der Waals surface area (Å²) in [5.74, 6) is 0.645. The Kier molecular flexibility index (Phi) is 7.63. The van der Waals surface area contributed by atoms with Crippen LogP contribution >= 0.6 is 0 Å². The van der Waals surface area contributed by atoms with Gasteiger partial charge in [-0.25, -0.2) is 29.4 Å². The van der Waals surface area contributed by atoms with E-state index in [-0.39, 0.29) is 25.7 Å². The number of anilines is 2. The summed E-state index contributed by atoms with van der Waals surface area (Å²) in [6.07, 6.45) is -0.459. The molecule has 1 aromatic rings. The topological polar surface area (TPSA) is 131 Å². The molecular formula is C23H36N6O6. The Morgan fingerprint density at radius 3 is 1.94 bits per heavy atom. The van der Waals surface area contributed by atoms with Crippen molar-refractivity contribution in [3.05, 3.63) is 18.3 Å². The number of hydrogen-bond donors (Lipinski definition) is 1. The molecule has 2 saturated heterocycles. The van der Waals surface area contributed by atoms with E-state index in [1.807, 2.05) is 4.90 Å². The molecule has 0 aromatic carbocycles. The molecule has 3 heterocycles. The molecule has 35 heavy (non-hydrogen) atoms. The quantitative estimate of drug-likeness (QED) is 0.633. The fourth-order valence-corrected chi connectivity index (χ4v) is 3.60. The Bertz CT molecular complexity index is 888. The molecule has 2 aliphatic rings. The number of ether oxygens (including phenoxy) is 3. The first kappa shape index (κ1) is 26.3. The summed E-state index contributed by atoms with van der Waals surface area (Å²) in [5.41, 5.74) is 4.77. The lowest BCUT2D eigenvalue weighted by Gasteiger charge is -2.35. The highest BCUT2D eigenvalue weighted by atomic mass is 16.6. The zero-order valence-corrected chi connectivity index (χ0v) is 21.3. The van der Waals surface area contributed by atoms with Gasteiger partial charge in [0.25, 0.3) is 0 Å². The molecule has 0 saturated carbocycles. The predicted octanol–water partition coefficient (Wildman–Crippen LogP) is 2.57. The highest BCUT2D eigenvalue weighted by molar-refractivity contribution is 5.89. The van der Waals surface area contributed by atoms with Crippen molar-refractivity contribution in [1.29, 1.82) is 0 Å². The van der Waals surface area contributed by atoms with Crippen LogP contribution in [-0.4, -0.2) is 89.9 Å². The number of carbonyl (C=O) groups is 3. The molecule has 1 unspecified atom stereocenters. The lowest BCUT2D eigenvalue weighted by molar-refractivity contribution is -0.0572. The standard InChI is InChI=1S/C23H36N6O6/c1-22(2,3)34-20(31)28-11-9-26(10-12-29(28)21(32)35-23(4,5)6)18-8-7-16(14-25-18)27-15-17(13-24)33-19(27)30/h7-8,14,17H,9-13,15,24H2,1-6H3. The summed E-state index contributed by atoms with van der Waals surface area (Å²) in [7, 11) is 0. The maximum absolute atomic E-state index is 12.9. The van der Waals surface area contributed by atoms with Gasteiger partial charge in [-0.1, -0.05) is 0 Å². The monoisotopic (exact) mass is 492 g/mol. The van der Waals surface area contributed by atoms with Crippen molar-refractivity contribution >= 4 is 29.8 Å². The number of cyclic esters (lactones) is 1. The van der Waals surface area contributed by atoms with Crippen LogP contribution in [0.3, 0.4) is 0 Å². The van der Waals surface area contributed by atoms with Crippen molar-refractivity contribution in [3.63, 3.8) is 0 Å². The molecule has 194 valence electrons. The number of nitrogens with two attached hydrogens (primary N) is 1. The molecule has 12 heteroatoms. The predicted molar refractivity (Wildman–Crippen MR) is 129 cm³/mol. The first-order valence-electron chi connectivity index (χ1n) is 11.7. The summed E-state index contributed by atoms with van der Waals surface area (Å²) in [6, 6.07) is 3.57. The molecule has 0 spiro atoms. The molecule has 12 nitrogen and oxygen atoms in total. The Hall–Kier alpha value is -3.28. The number of amides is 3. The summed E-state index contributed by atoms with van der Waals surface area (Å²) in [6.45, 7) is 12.4. The second-order valence-electron chi connectivity index (χ2n) is 10.4. The maximum atomic E-state index is 12.9. The van der Waals surface area contributed by atoms with E-state index in [4.69, 9.17) is 19.9 Å². The minimum absolute atomic E-state index is 0.189. The van der Waals surface area contributed by atoms with Crippen LogP contribution in [0.5, 0.6) is 0 Å². The lowest BCUT2D eigenvalue weighted by atomic mass is 10.2. The van der Waals surface area contributed by atoms with Gasteiger partial charge in [0.05, 0.1) is 31.5 Å². The third-order valence-electron chi connectivity index (χ3n) is 5.17. The van der Waals surface area contributed by atoms with Crippen LogP contribution in [0.2, 0.25) is 0 Å².